The average molecular weight is 304 g/mol. The van der Waals surface area contributed by atoms with Crippen molar-refractivity contribution in [2.75, 3.05) is 0 Å². The van der Waals surface area contributed by atoms with Gasteiger partial charge in [0.15, 0.2) is 4.77 Å². The highest BCUT2D eigenvalue weighted by molar-refractivity contribution is 9.10. The lowest BCUT2D eigenvalue weighted by Crippen LogP contribution is -1.96. The summed E-state index contributed by atoms with van der Waals surface area (Å²) in [4.78, 5) is 2.99. The molecular weight excluding hydrogens is 296 g/mol. The van der Waals surface area contributed by atoms with Crippen molar-refractivity contribution in [2.24, 2.45) is 0 Å². The van der Waals surface area contributed by atoms with Gasteiger partial charge in [0, 0.05) is 22.1 Å². The van der Waals surface area contributed by atoms with Crippen LogP contribution in [0.2, 0.25) is 5.02 Å². The van der Waals surface area contributed by atoms with Crippen LogP contribution in [-0.4, -0.2) is 9.55 Å². The van der Waals surface area contributed by atoms with Gasteiger partial charge in [-0.3, -0.25) is 4.57 Å². The number of aromatic amines is 1. The number of halogens is 2. The topological polar surface area (TPSA) is 20.7 Å². The molecule has 1 aromatic carbocycles. The molecule has 0 aliphatic heterocycles. The van der Waals surface area contributed by atoms with E-state index in [1.165, 1.54) is 0 Å². The summed E-state index contributed by atoms with van der Waals surface area (Å²) in [6.45, 7) is 1.99. The third-order valence-electron chi connectivity index (χ3n) is 2.12. The number of nitrogens with zero attached hydrogens (tertiary/aromatic N) is 1. The van der Waals surface area contributed by atoms with Crippen molar-refractivity contribution in [1.82, 2.24) is 9.55 Å². The molecule has 0 unspecified atom stereocenters. The minimum atomic E-state index is 0.672. The van der Waals surface area contributed by atoms with Gasteiger partial charge in [0.25, 0.3) is 0 Å². The minimum Gasteiger partial charge on any atom is -0.337 e. The zero-order chi connectivity index (χ0) is 11.0. The summed E-state index contributed by atoms with van der Waals surface area (Å²) < 4.78 is 3.49. The van der Waals surface area contributed by atoms with Crippen molar-refractivity contribution < 1.29 is 0 Å². The van der Waals surface area contributed by atoms with E-state index in [9.17, 15) is 0 Å². The second kappa shape index (κ2) is 4.12. The maximum atomic E-state index is 6.03. The van der Waals surface area contributed by atoms with Gasteiger partial charge in [-0.2, -0.15) is 0 Å². The molecule has 2 nitrogen and oxygen atoms in total. The van der Waals surface area contributed by atoms with E-state index in [2.05, 4.69) is 20.9 Å². The monoisotopic (exact) mass is 302 g/mol. The average Bonchev–Trinajstić information content (AvgIpc) is 2.52. The maximum Gasteiger partial charge on any atom is 0.182 e. The fourth-order valence-electron chi connectivity index (χ4n) is 1.40. The fourth-order valence-corrected chi connectivity index (χ4v) is 2.13. The van der Waals surface area contributed by atoms with Crippen LogP contribution in [0.1, 0.15) is 5.69 Å². The smallest absolute Gasteiger partial charge is 0.182 e. The highest BCUT2D eigenvalue weighted by Gasteiger charge is 2.04. The van der Waals surface area contributed by atoms with Crippen LogP contribution in [0.3, 0.4) is 0 Å². The Morgan fingerprint density at radius 1 is 1.47 bits per heavy atom. The first-order valence-corrected chi connectivity index (χ1v) is 5.90. The van der Waals surface area contributed by atoms with E-state index in [0.717, 1.165) is 15.9 Å². The van der Waals surface area contributed by atoms with Gasteiger partial charge < -0.3 is 4.98 Å². The molecule has 0 atom stereocenters. The summed E-state index contributed by atoms with van der Waals surface area (Å²) in [6, 6.07) is 5.75. The quantitative estimate of drug-likeness (QED) is 0.781. The second-order valence-corrected chi connectivity index (χ2v) is 4.82. The molecule has 0 aliphatic rings. The van der Waals surface area contributed by atoms with E-state index in [-0.39, 0.29) is 0 Å². The van der Waals surface area contributed by atoms with Gasteiger partial charge in [-0.1, -0.05) is 11.6 Å². The summed E-state index contributed by atoms with van der Waals surface area (Å²) in [5, 5.41) is 0.676. The molecule has 0 fully saturated rings. The number of hydrogen-bond acceptors (Lipinski definition) is 1. The lowest BCUT2D eigenvalue weighted by Gasteiger charge is -2.06. The fraction of sp³-hybridized carbons (Fsp3) is 0.100. The Morgan fingerprint density at radius 2 is 2.20 bits per heavy atom. The summed E-state index contributed by atoms with van der Waals surface area (Å²) in [5.74, 6) is 0. The van der Waals surface area contributed by atoms with Crippen LogP contribution in [-0.2, 0) is 0 Å². The Hall–Kier alpha value is -0.580. The molecule has 1 aromatic heterocycles. The third-order valence-corrected chi connectivity index (χ3v) is 3.65. The molecule has 1 N–H and O–H groups in total. The van der Waals surface area contributed by atoms with Crippen LogP contribution < -0.4 is 0 Å². The molecule has 0 aliphatic carbocycles. The number of H-pyrrole nitrogens is 1. The maximum absolute atomic E-state index is 6.03. The first-order valence-electron chi connectivity index (χ1n) is 4.32. The molecular formula is C10H8BrClN2S. The zero-order valence-corrected chi connectivity index (χ0v) is 11.1. The SMILES string of the molecule is Cc1c[nH]c(=S)n1-c1ccc(Br)c(Cl)c1. The van der Waals surface area contributed by atoms with Crippen molar-refractivity contribution in [3.8, 4) is 5.69 Å². The number of nitrogens with one attached hydrogen (secondary N) is 1. The van der Waals surface area contributed by atoms with Crippen LogP contribution in [0.5, 0.6) is 0 Å². The van der Waals surface area contributed by atoms with Crippen molar-refractivity contribution >= 4 is 39.7 Å². The molecule has 0 amide bonds. The van der Waals surface area contributed by atoms with Gasteiger partial charge >= 0.3 is 0 Å². The standard InChI is InChI=1S/C10H8BrClN2S/c1-6-5-13-10(15)14(6)7-2-3-8(11)9(12)4-7/h2-5H,1H3,(H,13,15). The van der Waals surface area contributed by atoms with Gasteiger partial charge in [-0.15, -0.1) is 0 Å². The second-order valence-electron chi connectivity index (χ2n) is 3.17. The molecule has 0 spiro atoms. The number of aromatic nitrogens is 2. The number of rotatable bonds is 1. The molecule has 2 aromatic rings. The van der Waals surface area contributed by atoms with E-state index in [1.54, 1.807) is 0 Å². The first-order chi connectivity index (χ1) is 7.09. The van der Waals surface area contributed by atoms with Gasteiger partial charge in [0.2, 0.25) is 0 Å². The summed E-state index contributed by atoms with van der Waals surface area (Å²) >= 11 is 14.6. The van der Waals surface area contributed by atoms with Gasteiger partial charge in [0.05, 0.1) is 5.02 Å². The lowest BCUT2D eigenvalue weighted by atomic mass is 10.3. The van der Waals surface area contributed by atoms with Crippen molar-refractivity contribution in [3.05, 3.63) is 44.4 Å². The number of benzene rings is 1. The Labute approximate surface area is 106 Å². The number of hydrogen-bond donors (Lipinski definition) is 1. The highest BCUT2D eigenvalue weighted by Crippen LogP contribution is 2.25. The van der Waals surface area contributed by atoms with E-state index in [1.807, 2.05) is 35.9 Å². The molecule has 1 heterocycles. The van der Waals surface area contributed by atoms with E-state index in [0.29, 0.717) is 9.79 Å². The number of imidazole rings is 1. The normalized spacial score (nSPS) is 10.6. The summed E-state index contributed by atoms with van der Waals surface area (Å²) in [5.41, 5.74) is 2.02. The summed E-state index contributed by atoms with van der Waals surface area (Å²) in [7, 11) is 0. The molecule has 0 bridgehead atoms. The molecule has 0 saturated heterocycles. The van der Waals surface area contributed by atoms with Gasteiger partial charge in [-0.25, -0.2) is 0 Å². The molecule has 5 heteroatoms. The molecule has 2 rings (SSSR count). The molecule has 0 radical (unpaired) electrons. The van der Waals surface area contributed by atoms with Crippen LogP contribution in [0.4, 0.5) is 0 Å². The van der Waals surface area contributed by atoms with Crippen molar-refractivity contribution in [2.45, 2.75) is 6.92 Å². The predicted molar refractivity (Wildman–Crippen MR) is 68.4 cm³/mol. The zero-order valence-electron chi connectivity index (χ0n) is 7.92. The molecule has 78 valence electrons. The van der Waals surface area contributed by atoms with Crippen molar-refractivity contribution in [3.63, 3.8) is 0 Å². The van der Waals surface area contributed by atoms with Gasteiger partial charge in [-0.05, 0) is 53.3 Å². The van der Waals surface area contributed by atoms with E-state index < -0.39 is 0 Å². The van der Waals surface area contributed by atoms with E-state index in [4.69, 9.17) is 23.8 Å². The lowest BCUT2D eigenvalue weighted by molar-refractivity contribution is 0.985. The Morgan fingerprint density at radius 3 is 2.73 bits per heavy atom. The Bertz CT molecular complexity index is 559. The Balaban J connectivity index is 2.65. The number of aryl methyl sites for hydroxylation is 1. The van der Waals surface area contributed by atoms with Crippen LogP contribution in [0.25, 0.3) is 5.69 Å². The van der Waals surface area contributed by atoms with E-state index >= 15 is 0 Å². The highest BCUT2D eigenvalue weighted by atomic mass is 79.9. The Kier molecular flexibility index (Phi) is 3.00. The minimum absolute atomic E-state index is 0.672. The predicted octanol–water partition coefficient (Wildman–Crippen LogP) is 4.26. The summed E-state index contributed by atoms with van der Waals surface area (Å²) in [6.07, 6.45) is 1.87. The van der Waals surface area contributed by atoms with Crippen LogP contribution in [0.15, 0.2) is 28.9 Å². The third kappa shape index (κ3) is 2.02. The van der Waals surface area contributed by atoms with Crippen LogP contribution >= 0.6 is 39.7 Å². The van der Waals surface area contributed by atoms with Crippen LogP contribution in [0, 0.1) is 11.7 Å². The van der Waals surface area contributed by atoms with Crippen molar-refractivity contribution in [1.29, 1.82) is 0 Å². The van der Waals surface area contributed by atoms with Gasteiger partial charge in [0.1, 0.15) is 0 Å². The molecule has 15 heavy (non-hydrogen) atoms. The molecule has 0 saturated carbocycles. The first kappa shape index (κ1) is 10.9. The largest absolute Gasteiger partial charge is 0.337 e.